The summed E-state index contributed by atoms with van der Waals surface area (Å²) in [5.41, 5.74) is 3.18. The zero-order chi connectivity index (χ0) is 16.0. The van der Waals surface area contributed by atoms with Gasteiger partial charge in [-0.1, -0.05) is 33.8 Å². The van der Waals surface area contributed by atoms with Crippen molar-refractivity contribution in [2.24, 2.45) is 11.8 Å². The van der Waals surface area contributed by atoms with Gasteiger partial charge < -0.3 is 10.6 Å². The monoisotopic (exact) mass is 290 g/mol. The summed E-state index contributed by atoms with van der Waals surface area (Å²) in [7, 11) is 0. The van der Waals surface area contributed by atoms with Gasteiger partial charge in [0, 0.05) is 24.3 Å². The van der Waals surface area contributed by atoms with Crippen LogP contribution in [0.4, 0.5) is 11.4 Å². The SMILES string of the molecule is CC(=O)Nc1ccc(C)c(NC(CC(C)C)CC(C)C)c1. The maximum absolute atomic E-state index is 11.2. The molecule has 0 bridgehead atoms. The number of amides is 1. The van der Waals surface area contributed by atoms with Crippen molar-refractivity contribution in [3.63, 3.8) is 0 Å². The van der Waals surface area contributed by atoms with Gasteiger partial charge in [-0.05, 0) is 49.3 Å². The molecule has 1 aromatic carbocycles. The lowest BCUT2D eigenvalue weighted by Gasteiger charge is -2.25. The highest BCUT2D eigenvalue weighted by Crippen LogP contribution is 2.24. The van der Waals surface area contributed by atoms with Gasteiger partial charge in [0.25, 0.3) is 0 Å². The molecule has 3 heteroatoms. The predicted molar refractivity (Wildman–Crippen MR) is 91.8 cm³/mol. The molecular weight excluding hydrogens is 260 g/mol. The first-order chi connectivity index (χ1) is 9.77. The summed E-state index contributed by atoms with van der Waals surface area (Å²) in [6.45, 7) is 12.7. The van der Waals surface area contributed by atoms with Gasteiger partial charge in [-0.15, -0.1) is 0 Å². The number of rotatable bonds is 7. The third-order valence-corrected chi connectivity index (χ3v) is 3.43. The molecule has 1 amide bonds. The van der Waals surface area contributed by atoms with Crippen molar-refractivity contribution in [1.29, 1.82) is 0 Å². The number of carbonyl (C=O) groups is 1. The second kappa shape index (κ2) is 8.06. The van der Waals surface area contributed by atoms with E-state index in [9.17, 15) is 4.79 Å². The Balaban J connectivity index is 2.87. The molecule has 118 valence electrons. The molecule has 0 radical (unpaired) electrons. The third kappa shape index (κ3) is 6.65. The van der Waals surface area contributed by atoms with Crippen LogP contribution in [0.25, 0.3) is 0 Å². The highest BCUT2D eigenvalue weighted by molar-refractivity contribution is 5.89. The maximum Gasteiger partial charge on any atom is 0.221 e. The van der Waals surface area contributed by atoms with Gasteiger partial charge in [0.1, 0.15) is 0 Å². The van der Waals surface area contributed by atoms with Crippen molar-refractivity contribution >= 4 is 17.3 Å². The van der Waals surface area contributed by atoms with E-state index in [2.05, 4.69) is 51.3 Å². The third-order valence-electron chi connectivity index (χ3n) is 3.43. The van der Waals surface area contributed by atoms with E-state index in [0.29, 0.717) is 17.9 Å². The van der Waals surface area contributed by atoms with Gasteiger partial charge in [0.05, 0.1) is 0 Å². The number of anilines is 2. The van der Waals surface area contributed by atoms with Crippen LogP contribution >= 0.6 is 0 Å². The van der Waals surface area contributed by atoms with Crippen LogP contribution in [0.15, 0.2) is 18.2 Å². The molecule has 1 aromatic rings. The number of carbonyl (C=O) groups excluding carboxylic acids is 1. The molecule has 2 N–H and O–H groups in total. The molecular formula is C18H30N2O. The minimum Gasteiger partial charge on any atom is -0.382 e. The van der Waals surface area contributed by atoms with Gasteiger partial charge in [-0.25, -0.2) is 0 Å². The molecule has 0 aliphatic carbocycles. The fourth-order valence-corrected chi connectivity index (χ4v) is 2.63. The highest BCUT2D eigenvalue weighted by Gasteiger charge is 2.14. The lowest BCUT2D eigenvalue weighted by atomic mass is 9.95. The first-order valence-electron chi connectivity index (χ1n) is 7.92. The van der Waals surface area contributed by atoms with Crippen LogP contribution in [0.1, 0.15) is 53.0 Å². The van der Waals surface area contributed by atoms with Gasteiger partial charge in [-0.2, -0.15) is 0 Å². The molecule has 1 rings (SSSR count). The van der Waals surface area contributed by atoms with Crippen LogP contribution in [0.3, 0.4) is 0 Å². The summed E-state index contributed by atoms with van der Waals surface area (Å²) >= 11 is 0. The van der Waals surface area contributed by atoms with E-state index in [4.69, 9.17) is 0 Å². The quantitative estimate of drug-likeness (QED) is 0.755. The number of hydrogen-bond acceptors (Lipinski definition) is 2. The number of nitrogens with one attached hydrogen (secondary N) is 2. The van der Waals surface area contributed by atoms with E-state index in [1.807, 2.05) is 12.1 Å². The number of benzene rings is 1. The van der Waals surface area contributed by atoms with E-state index in [0.717, 1.165) is 24.2 Å². The second-order valence-electron chi connectivity index (χ2n) is 6.81. The predicted octanol–water partition coefficient (Wildman–Crippen LogP) is 4.83. The zero-order valence-electron chi connectivity index (χ0n) is 14.3. The van der Waals surface area contributed by atoms with Crippen LogP contribution in [-0.4, -0.2) is 11.9 Å². The maximum atomic E-state index is 11.2. The first-order valence-corrected chi connectivity index (χ1v) is 7.92. The van der Waals surface area contributed by atoms with E-state index in [1.54, 1.807) is 0 Å². The summed E-state index contributed by atoms with van der Waals surface area (Å²) in [6.07, 6.45) is 2.31. The average Bonchev–Trinajstić information content (AvgIpc) is 2.31. The summed E-state index contributed by atoms with van der Waals surface area (Å²) in [5.74, 6) is 1.30. The van der Waals surface area contributed by atoms with Crippen LogP contribution in [0, 0.1) is 18.8 Å². The Morgan fingerprint density at radius 3 is 2.14 bits per heavy atom. The van der Waals surface area contributed by atoms with E-state index < -0.39 is 0 Å². The molecule has 0 aliphatic rings. The molecule has 21 heavy (non-hydrogen) atoms. The molecule has 0 aromatic heterocycles. The van der Waals surface area contributed by atoms with Crippen molar-refractivity contribution in [3.05, 3.63) is 23.8 Å². The standard InChI is InChI=1S/C18H30N2O/c1-12(2)9-17(10-13(3)4)20-18-11-16(19-15(6)21)8-7-14(18)5/h7-8,11-13,17,20H,9-10H2,1-6H3,(H,19,21). The van der Waals surface area contributed by atoms with Crippen molar-refractivity contribution in [2.75, 3.05) is 10.6 Å². The van der Waals surface area contributed by atoms with Crippen molar-refractivity contribution in [2.45, 2.75) is 60.4 Å². The van der Waals surface area contributed by atoms with Crippen molar-refractivity contribution < 1.29 is 4.79 Å². The highest BCUT2D eigenvalue weighted by atomic mass is 16.1. The summed E-state index contributed by atoms with van der Waals surface area (Å²) < 4.78 is 0. The summed E-state index contributed by atoms with van der Waals surface area (Å²) in [6, 6.07) is 6.50. The normalized spacial score (nSPS) is 11.3. The summed E-state index contributed by atoms with van der Waals surface area (Å²) in [4.78, 5) is 11.2. The molecule has 0 saturated carbocycles. The van der Waals surface area contributed by atoms with Crippen molar-refractivity contribution in [1.82, 2.24) is 0 Å². The summed E-state index contributed by atoms with van der Waals surface area (Å²) in [5, 5.41) is 6.52. The number of aryl methyl sites for hydroxylation is 1. The van der Waals surface area contributed by atoms with Crippen LogP contribution in [0.2, 0.25) is 0 Å². The largest absolute Gasteiger partial charge is 0.382 e. The molecule has 3 nitrogen and oxygen atoms in total. The van der Waals surface area contributed by atoms with Crippen LogP contribution < -0.4 is 10.6 Å². The molecule has 0 aliphatic heterocycles. The molecule has 0 unspecified atom stereocenters. The Morgan fingerprint density at radius 1 is 1.10 bits per heavy atom. The van der Waals surface area contributed by atoms with E-state index in [1.165, 1.54) is 12.5 Å². The van der Waals surface area contributed by atoms with Gasteiger partial charge in [0.2, 0.25) is 5.91 Å². The Labute approximate surface area is 129 Å². The lowest BCUT2D eigenvalue weighted by Crippen LogP contribution is -2.24. The van der Waals surface area contributed by atoms with Gasteiger partial charge in [-0.3, -0.25) is 4.79 Å². The fraction of sp³-hybridized carbons (Fsp3) is 0.611. The number of hydrogen-bond donors (Lipinski definition) is 2. The molecule has 0 fully saturated rings. The van der Waals surface area contributed by atoms with Crippen LogP contribution in [0.5, 0.6) is 0 Å². The Morgan fingerprint density at radius 2 is 1.67 bits per heavy atom. The van der Waals surface area contributed by atoms with Gasteiger partial charge in [0.15, 0.2) is 0 Å². The molecule has 0 spiro atoms. The Bertz CT molecular complexity index is 456. The molecule has 0 heterocycles. The average molecular weight is 290 g/mol. The van der Waals surface area contributed by atoms with E-state index in [-0.39, 0.29) is 5.91 Å². The zero-order valence-corrected chi connectivity index (χ0v) is 14.3. The fourth-order valence-electron chi connectivity index (χ4n) is 2.63. The molecule has 0 atom stereocenters. The Hall–Kier alpha value is -1.51. The Kier molecular flexibility index (Phi) is 6.73. The second-order valence-corrected chi connectivity index (χ2v) is 6.81. The van der Waals surface area contributed by atoms with E-state index >= 15 is 0 Å². The molecule has 0 saturated heterocycles. The van der Waals surface area contributed by atoms with Crippen molar-refractivity contribution in [3.8, 4) is 0 Å². The first kappa shape index (κ1) is 17.5. The smallest absolute Gasteiger partial charge is 0.221 e. The van der Waals surface area contributed by atoms with Crippen LogP contribution in [-0.2, 0) is 4.79 Å². The topological polar surface area (TPSA) is 41.1 Å². The van der Waals surface area contributed by atoms with Gasteiger partial charge >= 0.3 is 0 Å². The minimum atomic E-state index is -0.0364. The minimum absolute atomic E-state index is 0.0364. The lowest BCUT2D eigenvalue weighted by molar-refractivity contribution is -0.114.